The standard InChI is InChI=1S/C14H14N2O2/c17-13-3-1-11(2-4-13)9-14(18)16-10-12-5-7-15-8-6-12/h1-8,17H,9-10H2,(H,16,18). The Morgan fingerprint density at radius 3 is 2.39 bits per heavy atom. The van der Waals surface area contributed by atoms with Gasteiger partial charge in [-0.15, -0.1) is 0 Å². The van der Waals surface area contributed by atoms with E-state index >= 15 is 0 Å². The third-order valence-electron chi connectivity index (χ3n) is 2.54. The number of pyridine rings is 1. The van der Waals surface area contributed by atoms with Crippen LogP contribution in [0.4, 0.5) is 0 Å². The molecule has 18 heavy (non-hydrogen) atoms. The number of hydrogen-bond acceptors (Lipinski definition) is 3. The maximum atomic E-state index is 11.7. The van der Waals surface area contributed by atoms with Gasteiger partial charge in [-0.05, 0) is 35.4 Å². The Morgan fingerprint density at radius 1 is 1.06 bits per heavy atom. The molecule has 0 fully saturated rings. The summed E-state index contributed by atoms with van der Waals surface area (Å²) < 4.78 is 0. The Labute approximate surface area is 105 Å². The van der Waals surface area contributed by atoms with E-state index in [2.05, 4.69) is 10.3 Å². The zero-order chi connectivity index (χ0) is 12.8. The van der Waals surface area contributed by atoms with Gasteiger partial charge in [-0.3, -0.25) is 9.78 Å². The number of aromatic hydroxyl groups is 1. The topological polar surface area (TPSA) is 62.2 Å². The van der Waals surface area contributed by atoms with Crippen molar-refractivity contribution in [3.8, 4) is 5.75 Å². The van der Waals surface area contributed by atoms with Gasteiger partial charge in [0.05, 0.1) is 6.42 Å². The summed E-state index contributed by atoms with van der Waals surface area (Å²) in [6.07, 6.45) is 3.70. The summed E-state index contributed by atoms with van der Waals surface area (Å²) in [5, 5.41) is 12.0. The summed E-state index contributed by atoms with van der Waals surface area (Å²) in [7, 11) is 0. The van der Waals surface area contributed by atoms with Crippen molar-refractivity contribution in [1.82, 2.24) is 10.3 Å². The molecule has 92 valence electrons. The van der Waals surface area contributed by atoms with Crippen LogP contribution >= 0.6 is 0 Å². The molecular formula is C14H14N2O2. The molecule has 0 aliphatic heterocycles. The number of phenolic OH excluding ortho intramolecular Hbond substituents is 1. The highest BCUT2D eigenvalue weighted by Crippen LogP contribution is 2.09. The molecule has 0 unspecified atom stereocenters. The molecule has 1 heterocycles. The van der Waals surface area contributed by atoms with Crippen molar-refractivity contribution >= 4 is 5.91 Å². The average molecular weight is 242 g/mol. The summed E-state index contributed by atoms with van der Waals surface area (Å²) >= 11 is 0. The van der Waals surface area contributed by atoms with Crippen LogP contribution in [0, 0.1) is 0 Å². The fourth-order valence-corrected chi connectivity index (χ4v) is 1.56. The quantitative estimate of drug-likeness (QED) is 0.856. The number of carbonyl (C=O) groups excluding carboxylic acids is 1. The minimum atomic E-state index is -0.0440. The summed E-state index contributed by atoms with van der Waals surface area (Å²) in [6.45, 7) is 0.499. The Morgan fingerprint density at radius 2 is 1.72 bits per heavy atom. The van der Waals surface area contributed by atoms with Crippen LogP contribution in [0.5, 0.6) is 5.75 Å². The molecule has 2 aromatic rings. The predicted octanol–water partition coefficient (Wildman–Crippen LogP) is 1.65. The number of amides is 1. The Bertz CT molecular complexity index is 509. The third kappa shape index (κ3) is 3.59. The number of hydrogen-bond donors (Lipinski definition) is 2. The molecular weight excluding hydrogens is 228 g/mol. The smallest absolute Gasteiger partial charge is 0.224 e. The van der Waals surface area contributed by atoms with Crippen molar-refractivity contribution in [3.63, 3.8) is 0 Å². The van der Waals surface area contributed by atoms with Crippen LogP contribution in [-0.2, 0) is 17.8 Å². The van der Waals surface area contributed by atoms with Gasteiger partial charge in [0.25, 0.3) is 0 Å². The molecule has 0 saturated carbocycles. The van der Waals surface area contributed by atoms with Gasteiger partial charge in [0, 0.05) is 18.9 Å². The zero-order valence-electron chi connectivity index (χ0n) is 9.84. The van der Waals surface area contributed by atoms with Crippen molar-refractivity contribution in [2.75, 3.05) is 0 Å². The van der Waals surface area contributed by atoms with Crippen LogP contribution in [0.3, 0.4) is 0 Å². The molecule has 0 atom stereocenters. The second kappa shape index (κ2) is 5.82. The molecule has 1 aromatic heterocycles. The van der Waals surface area contributed by atoms with E-state index in [-0.39, 0.29) is 11.7 Å². The number of aromatic nitrogens is 1. The zero-order valence-corrected chi connectivity index (χ0v) is 9.84. The van der Waals surface area contributed by atoms with Crippen molar-refractivity contribution < 1.29 is 9.90 Å². The Hall–Kier alpha value is -2.36. The first kappa shape index (κ1) is 12.1. The van der Waals surface area contributed by atoms with Gasteiger partial charge in [-0.1, -0.05) is 12.1 Å². The molecule has 0 radical (unpaired) electrons. The summed E-state index contributed by atoms with van der Waals surface area (Å²) in [4.78, 5) is 15.6. The first-order valence-electron chi connectivity index (χ1n) is 5.67. The van der Waals surface area contributed by atoms with Crippen molar-refractivity contribution in [2.24, 2.45) is 0 Å². The van der Waals surface area contributed by atoms with E-state index in [0.717, 1.165) is 11.1 Å². The maximum Gasteiger partial charge on any atom is 0.224 e. The largest absolute Gasteiger partial charge is 0.508 e. The highest BCUT2D eigenvalue weighted by atomic mass is 16.3. The fraction of sp³-hybridized carbons (Fsp3) is 0.143. The number of phenols is 1. The van der Waals surface area contributed by atoms with E-state index in [1.165, 1.54) is 0 Å². The molecule has 1 aromatic carbocycles. The molecule has 4 nitrogen and oxygen atoms in total. The predicted molar refractivity (Wildman–Crippen MR) is 67.9 cm³/mol. The van der Waals surface area contributed by atoms with E-state index < -0.39 is 0 Å². The van der Waals surface area contributed by atoms with Gasteiger partial charge in [-0.25, -0.2) is 0 Å². The van der Waals surface area contributed by atoms with Gasteiger partial charge in [0.15, 0.2) is 0 Å². The van der Waals surface area contributed by atoms with Crippen LogP contribution in [0.1, 0.15) is 11.1 Å². The molecule has 0 aliphatic rings. The van der Waals surface area contributed by atoms with E-state index in [1.807, 2.05) is 12.1 Å². The van der Waals surface area contributed by atoms with Gasteiger partial charge in [0.2, 0.25) is 5.91 Å². The highest BCUT2D eigenvalue weighted by Gasteiger charge is 2.03. The van der Waals surface area contributed by atoms with Crippen LogP contribution in [0.2, 0.25) is 0 Å². The van der Waals surface area contributed by atoms with Crippen molar-refractivity contribution in [3.05, 3.63) is 59.9 Å². The molecule has 0 saturated heterocycles. The summed E-state index contributed by atoms with van der Waals surface area (Å²) in [6, 6.07) is 10.3. The van der Waals surface area contributed by atoms with Crippen molar-refractivity contribution in [2.45, 2.75) is 13.0 Å². The fourth-order valence-electron chi connectivity index (χ4n) is 1.56. The number of nitrogens with one attached hydrogen (secondary N) is 1. The summed E-state index contributed by atoms with van der Waals surface area (Å²) in [5.41, 5.74) is 1.89. The first-order chi connectivity index (χ1) is 8.74. The van der Waals surface area contributed by atoms with Crippen LogP contribution in [-0.4, -0.2) is 16.0 Å². The van der Waals surface area contributed by atoms with Crippen molar-refractivity contribution in [1.29, 1.82) is 0 Å². The highest BCUT2D eigenvalue weighted by molar-refractivity contribution is 5.78. The molecule has 4 heteroatoms. The van der Waals surface area contributed by atoms with Gasteiger partial charge < -0.3 is 10.4 Å². The third-order valence-corrected chi connectivity index (χ3v) is 2.54. The average Bonchev–Trinajstić information content (AvgIpc) is 2.40. The molecule has 0 spiro atoms. The lowest BCUT2D eigenvalue weighted by atomic mass is 10.1. The van der Waals surface area contributed by atoms with Crippen LogP contribution < -0.4 is 5.32 Å². The second-order valence-electron chi connectivity index (χ2n) is 3.98. The lowest BCUT2D eigenvalue weighted by molar-refractivity contribution is -0.120. The molecule has 1 amide bonds. The minimum Gasteiger partial charge on any atom is -0.508 e. The molecule has 0 bridgehead atoms. The molecule has 2 rings (SSSR count). The van der Waals surface area contributed by atoms with Gasteiger partial charge in [-0.2, -0.15) is 0 Å². The SMILES string of the molecule is O=C(Cc1ccc(O)cc1)NCc1ccncc1. The summed E-state index contributed by atoms with van der Waals surface area (Å²) in [5.74, 6) is 0.161. The van der Waals surface area contributed by atoms with E-state index in [0.29, 0.717) is 13.0 Å². The monoisotopic (exact) mass is 242 g/mol. The van der Waals surface area contributed by atoms with E-state index in [9.17, 15) is 4.79 Å². The lowest BCUT2D eigenvalue weighted by Gasteiger charge is -2.05. The van der Waals surface area contributed by atoms with Crippen LogP contribution in [0.25, 0.3) is 0 Å². The Balaban J connectivity index is 1.84. The lowest BCUT2D eigenvalue weighted by Crippen LogP contribution is -2.24. The van der Waals surface area contributed by atoms with E-state index in [1.54, 1.807) is 36.7 Å². The number of nitrogens with zero attached hydrogens (tertiary/aromatic N) is 1. The van der Waals surface area contributed by atoms with Gasteiger partial charge in [0.1, 0.15) is 5.75 Å². The normalized spacial score (nSPS) is 10.0. The molecule has 0 aliphatic carbocycles. The van der Waals surface area contributed by atoms with E-state index in [4.69, 9.17) is 5.11 Å². The molecule has 2 N–H and O–H groups in total. The van der Waals surface area contributed by atoms with Gasteiger partial charge >= 0.3 is 0 Å². The number of benzene rings is 1. The number of rotatable bonds is 4. The number of carbonyl (C=O) groups is 1. The van der Waals surface area contributed by atoms with Crippen LogP contribution in [0.15, 0.2) is 48.8 Å². The maximum absolute atomic E-state index is 11.7. The minimum absolute atomic E-state index is 0.0440. The first-order valence-corrected chi connectivity index (χ1v) is 5.67. The second-order valence-corrected chi connectivity index (χ2v) is 3.98. The Kier molecular flexibility index (Phi) is 3.91.